The van der Waals surface area contributed by atoms with E-state index in [9.17, 15) is 19.2 Å². The fourth-order valence-corrected chi connectivity index (χ4v) is 6.89. The predicted octanol–water partition coefficient (Wildman–Crippen LogP) is 5.24. The third kappa shape index (κ3) is 4.71. The van der Waals surface area contributed by atoms with E-state index in [-0.39, 0.29) is 40.0 Å². The summed E-state index contributed by atoms with van der Waals surface area (Å²) in [6.07, 6.45) is 0.690. The first kappa shape index (κ1) is 26.3. The van der Waals surface area contributed by atoms with E-state index in [4.69, 9.17) is 32.7 Å². The van der Waals surface area contributed by atoms with Crippen molar-refractivity contribution in [3.63, 3.8) is 0 Å². The number of nitrogens with one attached hydrogen (secondary N) is 1. The zero-order valence-corrected chi connectivity index (χ0v) is 22.5. The number of amides is 3. The molecule has 6 rings (SSSR count). The molecule has 0 unspecified atom stereocenters. The van der Waals surface area contributed by atoms with Crippen molar-refractivity contribution in [2.45, 2.75) is 17.2 Å². The maximum Gasteiger partial charge on any atom is 0.338 e. The first-order valence-corrected chi connectivity index (χ1v) is 13.7. The molecule has 3 fully saturated rings. The van der Waals surface area contributed by atoms with Crippen LogP contribution < -0.4 is 15.0 Å². The number of carbonyl (C=O) groups is 4. The number of para-hydroxylation sites is 1. The molecule has 0 spiro atoms. The van der Waals surface area contributed by atoms with Gasteiger partial charge in [0.1, 0.15) is 11.5 Å². The first-order chi connectivity index (χ1) is 19.3. The molecule has 6 atom stereocenters. The molecule has 2 bridgehead atoms. The summed E-state index contributed by atoms with van der Waals surface area (Å²) in [4.78, 5) is 52.3. The number of nitrogens with zero attached hydrogens (tertiary/aromatic N) is 1. The Hall–Kier alpha value is -3.88. The lowest BCUT2D eigenvalue weighted by Crippen LogP contribution is -2.37. The Morgan fingerprint density at radius 3 is 1.98 bits per heavy atom. The van der Waals surface area contributed by atoms with Gasteiger partial charge in [0.25, 0.3) is 5.91 Å². The summed E-state index contributed by atoms with van der Waals surface area (Å²) >= 11 is 12.8. The van der Waals surface area contributed by atoms with E-state index in [1.54, 1.807) is 24.3 Å². The number of imide groups is 1. The topological polar surface area (TPSA) is 102 Å². The highest BCUT2D eigenvalue weighted by molar-refractivity contribution is 6.32. The maximum atomic E-state index is 13.1. The third-order valence-corrected chi connectivity index (χ3v) is 9.12. The number of esters is 1. The van der Waals surface area contributed by atoms with Crippen molar-refractivity contribution in [3.8, 4) is 11.5 Å². The minimum Gasteiger partial charge on any atom is -0.457 e. The number of anilines is 2. The molecule has 1 N–H and O–H groups in total. The zero-order chi connectivity index (χ0) is 28.0. The fourth-order valence-electron chi connectivity index (χ4n) is 5.99. The Morgan fingerprint density at radius 1 is 0.800 bits per heavy atom. The molecule has 1 heterocycles. The van der Waals surface area contributed by atoms with Gasteiger partial charge in [0, 0.05) is 5.69 Å². The molecule has 40 heavy (non-hydrogen) atoms. The average Bonchev–Trinajstić information content (AvgIpc) is 3.58. The van der Waals surface area contributed by atoms with Crippen LogP contribution in [0.5, 0.6) is 11.5 Å². The number of carbonyl (C=O) groups excluding carboxylic acids is 4. The third-order valence-electron chi connectivity index (χ3n) is 7.80. The second kappa shape index (κ2) is 10.6. The Kier molecular flexibility index (Phi) is 6.98. The summed E-state index contributed by atoms with van der Waals surface area (Å²) in [6, 6.07) is 22.0. The van der Waals surface area contributed by atoms with E-state index in [0.717, 1.165) is 0 Å². The van der Waals surface area contributed by atoms with Gasteiger partial charge >= 0.3 is 5.97 Å². The van der Waals surface area contributed by atoms with Crippen LogP contribution in [0.15, 0.2) is 78.9 Å². The number of rotatable bonds is 7. The molecule has 3 aromatic carbocycles. The van der Waals surface area contributed by atoms with Crippen molar-refractivity contribution in [2.24, 2.45) is 23.7 Å². The van der Waals surface area contributed by atoms with Crippen LogP contribution in [0.2, 0.25) is 0 Å². The summed E-state index contributed by atoms with van der Waals surface area (Å²) < 4.78 is 10.9. The predicted molar refractivity (Wildman–Crippen MR) is 149 cm³/mol. The number of fused-ring (bicyclic) bond motifs is 5. The van der Waals surface area contributed by atoms with Crippen LogP contribution in [0.25, 0.3) is 0 Å². The number of halogens is 2. The summed E-state index contributed by atoms with van der Waals surface area (Å²) in [5, 5.41) is 2.01. The number of hydrogen-bond acceptors (Lipinski definition) is 6. The molecule has 0 aromatic heterocycles. The van der Waals surface area contributed by atoms with Gasteiger partial charge in [-0.15, -0.1) is 23.2 Å². The van der Waals surface area contributed by atoms with Crippen LogP contribution >= 0.6 is 23.2 Å². The van der Waals surface area contributed by atoms with Crippen molar-refractivity contribution >= 4 is 58.3 Å². The van der Waals surface area contributed by atoms with Crippen molar-refractivity contribution in [3.05, 3.63) is 84.4 Å². The van der Waals surface area contributed by atoms with Crippen LogP contribution in [-0.2, 0) is 19.1 Å². The highest BCUT2D eigenvalue weighted by Crippen LogP contribution is 2.59. The summed E-state index contributed by atoms with van der Waals surface area (Å²) in [5.74, 6) is -1.59. The molecule has 1 aliphatic heterocycles. The lowest BCUT2D eigenvalue weighted by molar-refractivity contribution is -0.123. The van der Waals surface area contributed by atoms with Crippen LogP contribution in [0.4, 0.5) is 11.4 Å². The van der Waals surface area contributed by atoms with E-state index in [0.29, 0.717) is 29.3 Å². The average molecular weight is 579 g/mol. The largest absolute Gasteiger partial charge is 0.457 e. The highest BCUT2D eigenvalue weighted by Gasteiger charge is 2.66. The second-order valence-corrected chi connectivity index (χ2v) is 11.1. The monoisotopic (exact) mass is 578 g/mol. The molecule has 1 saturated heterocycles. The summed E-state index contributed by atoms with van der Waals surface area (Å²) in [6.45, 7) is -0.489. The van der Waals surface area contributed by atoms with Gasteiger partial charge in [0.05, 0.1) is 33.8 Å². The lowest BCUT2D eigenvalue weighted by atomic mass is 9.80. The first-order valence-electron chi connectivity index (χ1n) is 12.9. The van der Waals surface area contributed by atoms with Gasteiger partial charge in [-0.05, 0) is 78.9 Å². The normalized spacial score (nSPS) is 26.5. The lowest BCUT2D eigenvalue weighted by Gasteiger charge is -2.28. The minimum absolute atomic E-state index is 0.110. The van der Waals surface area contributed by atoms with Crippen LogP contribution in [-0.4, -0.2) is 41.1 Å². The van der Waals surface area contributed by atoms with Crippen molar-refractivity contribution in [1.29, 1.82) is 0 Å². The van der Waals surface area contributed by atoms with Crippen LogP contribution in [0.1, 0.15) is 16.8 Å². The van der Waals surface area contributed by atoms with E-state index in [1.807, 2.05) is 30.3 Å². The Labute approximate surface area is 240 Å². The van der Waals surface area contributed by atoms with Gasteiger partial charge in [0.15, 0.2) is 6.61 Å². The second-order valence-electron chi connectivity index (χ2n) is 10.1. The Bertz CT molecular complexity index is 1430. The molecule has 3 aliphatic rings. The van der Waals surface area contributed by atoms with Gasteiger partial charge in [-0.3, -0.25) is 19.3 Å². The molecule has 3 amide bonds. The molecule has 10 heteroatoms. The molecular formula is C30H24Cl2N2O6. The minimum atomic E-state index is -0.711. The van der Waals surface area contributed by atoms with Crippen LogP contribution in [0.3, 0.4) is 0 Å². The Morgan fingerprint density at radius 2 is 1.38 bits per heavy atom. The maximum absolute atomic E-state index is 13.1. The van der Waals surface area contributed by atoms with E-state index in [2.05, 4.69) is 5.32 Å². The SMILES string of the molecule is O=C(COC(=O)c1ccc(N2C(=O)[C@@H]3[C@H]4C[C@@H]([C@@H](Cl)[C@H]4Cl)[C@H]3C2=O)cc1)Nc1ccc(Oc2ccccc2)cc1. The fraction of sp³-hybridized carbons (Fsp3) is 0.267. The molecule has 2 saturated carbocycles. The van der Waals surface area contributed by atoms with Gasteiger partial charge in [-0.25, -0.2) is 4.79 Å². The van der Waals surface area contributed by atoms with E-state index >= 15 is 0 Å². The van der Waals surface area contributed by atoms with Gasteiger partial charge in [-0.1, -0.05) is 18.2 Å². The van der Waals surface area contributed by atoms with Gasteiger partial charge in [0.2, 0.25) is 11.8 Å². The molecule has 2 aliphatic carbocycles. The molecular weight excluding hydrogens is 555 g/mol. The zero-order valence-electron chi connectivity index (χ0n) is 21.0. The number of alkyl halides is 2. The number of benzene rings is 3. The summed E-state index contributed by atoms with van der Waals surface area (Å²) in [7, 11) is 0. The number of ether oxygens (including phenoxy) is 2. The molecule has 204 valence electrons. The van der Waals surface area contributed by atoms with Gasteiger partial charge in [-0.2, -0.15) is 0 Å². The van der Waals surface area contributed by atoms with Crippen molar-refractivity contribution in [1.82, 2.24) is 0 Å². The Balaban J connectivity index is 1.02. The van der Waals surface area contributed by atoms with E-state index in [1.165, 1.54) is 29.2 Å². The smallest absolute Gasteiger partial charge is 0.338 e. The van der Waals surface area contributed by atoms with Crippen molar-refractivity contribution < 1.29 is 28.7 Å². The van der Waals surface area contributed by atoms with Crippen LogP contribution in [0, 0.1) is 23.7 Å². The standard InChI is InChI=1S/C30H24Cl2N2O6/c31-26-21-14-22(27(26)32)25-24(21)28(36)34(29(25)37)18-10-6-16(7-11-18)30(38)39-15-23(35)33-17-8-12-20(13-9-17)40-19-4-2-1-3-5-19/h1-13,21-22,24-27H,14-15H2,(H,33,35)/t21-,22-,24-,25-,26-,27+/m1/s1. The summed E-state index contributed by atoms with van der Waals surface area (Å²) in [5.41, 5.74) is 1.07. The highest BCUT2D eigenvalue weighted by atomic mass is 35.5. The number of hydrogen-bond donors (Lipinski definition) is 1. The van der Waals surface area contributed by atoms with Gasteiger partial charge < -0.3 is 14.8 Å². The molecule has 0 radical (unpaired) electrons. The molecule has 3 aromatic rings. The molecule has 8 nitrogen and oxygen atoms in total. The van der Waals surface area contributed by atoms with Crippen molar-refractivity contribution in [2.75, 3.05) is 16.8 Å². The van der Waals surface area contributed by atoms with E-state index < -0.39 is 30.3 Å². The quantitative estimate of drug-likeness (QED) is 0.233.